The second kappa shape index (κ2) is 6.31. The van der Waals surface area contributed by atoms with Crippen LogP contribution in [0.5, 0.6) is 0 Å². The molecule has 0 atom stereocenters. The minimum absolute atomic E-state index is 0.297. The molecule has 0 saturated carbocycles. The van der Waals surface area contributed by atoms with Crippen LogP contribution in [0.1, 0.15) is 35.7 Å². The van der Waals surface area contributed by atoms with Crippen LogP contribution in [0, 0.1) is 19.8 Å². The maximum atomic E-state index is 12.1. The normalized spacial score (nSPS) is 11.0. The van der Waals surface area contributed by atoms with Crippen molar-refractivity contribution in [2.75, 3.05) is 6.61 Å². The molecule has 2 aromatic rings. The van der Waals surface area contributed by atoms with Crippen LogP contribution in [-0.2, 0) is 4.74 Å². The molecular formula is C16H19ClN2O2. The van der Waals surface area contributed by atoms with E-state index >= 15 is 0 Å². The summed E-state index contributed by atoms with van der Waals surface area (Å²) >= 11 is 6.12. The molecule has 0 N–H and O–H groups in total. The molecule has 0 spiro atoms. The molecule has 0 radical (unpaired) electrons. The summed E-state index contributed by atoms with van der Waals surface area (Å²) < 4.78 is 7.15. The van der Waals surface area contributed by atoms with Gasteiger partial charge in [-0.3, -0.25) is 0 Å². The summed E-state index contributed by atoms with van der Waals surface area (Å²) in [5.74, 6) is 0.782. The number of rotatable bonds is 4. The fourth-order valence-corrected chi connectivity index (χ4v) is 2.27. The maximum absolute atomic E-state index is 12.1. The molecule has 0 aliphatic carbocycles. The lowest BCUT2D eigenvalue weighted by atomic mass is 10.2. The molecule has 0 fully saturated rings. The fraction of sp³-hybridized carbons (Fsp3) is 0.375. The van der Waals surface area contributed by atoms with Crippen LogP contribution < -0.4 is 0 Å². The number of carbonyl (C=O) groups excluding carboxylic acids is 1. The van der Waals surface area contributed by atoms with E-state index in [-0.39, 0.29) is 5.97 Å². The van der Waals surface area contributed by atoms with Gasteiger partial charge in [0.2, 0.25) is 0 Å². The highest BCUT2D eigenvalue weighted by Gasteiger charge is 2.12. The summed E-state index contributed by atoms with van der Waals surface area (Å²) in [5.41, 5.74) is 2.16. The van der Waals surface area contributed by atoms with E-state index in [1.807, 2.05) is 38.5 Å². The molecule has 0 saturated heterocycles. The van der Waals surface area contributed by atoms with Crippen molar-refractivity contribution in [3.63, 3.8) is 0 Å². The van der Waals surface area contributed by atoms with E-state index in [2.05, 4.69) is 4.98 Å². The molecule has 1 heterocycles. The second-order valence-electron chi connectivity index (χ2n) is 5.49. The number of aromatic nitrogens is 2. The van der Waals surface area contributed by atoms with Crippen LogP contribution in [0.4, 0.5) is 0 Å². The van der Waals surface area contributed by atoms with Crippen LogP contribution in [-0.4, -0.2) is 22.1 Å². The SMILES string of the molecule is Cc1cn(-c2cc(Cl)cc(C(=O)OCC(C)C)c2)c(C)n1. The summed E-state index contributed by atoms with van der Waals surface area (Å²) in [4.78, 5) is 16.4. The first kappa shape index (κ1) is 15.6. The van der Waals surface area contributed by atoms with Crippen molar-refractivity contribution in [1.82, 2.24) is 9.55 Å². The van der Waals surface area contributed by atoms with E-state index in [9.17, 15) is 4.79 Å². The molecule has 0 aliphatic rings. The molecule has 112 valence electrons. The quantitative estimate of drug-likeness (QED) is 0.803. The van der Waals surface area contributed by atoms with Gasteiger partial charge in [-0.2, -0.15) is 0 Å². The smallest absolute Gasteiger partial charge is 0.338 e. The van der Waals surface area contributed by atoms with Crippen molar-refractivity contribution in [1.29, 1.82) is 0 Å². The van der Waals surface area contributed by atoms with Crippen LogP contribution in [0.2, 0.25) is 5.02 Å². The molecule has 1 aromatic heterocycles. The van der Waals surface area contributed by atoms with Gasteiger partial charge in [0.1, 0.15) is 5.82 Å². The molecule has 4 nitrogen and oxygen atoms in total. The standard InChI is InChI=1S/C16H19ClN2O2/c1-10(2)9-21-16(20)13-5-14(17)7-15(6-13)19-8-11(3)18-12(19)4/h5-8,10H,9H2,1-4H3. The molecule has 5 heteroatoms. The van der Waals surface area contributed by atoms with E-state index in [4.69, 9.17) is 16.3 Å². The highest BCUT2D eigenvalue weighted by atomic mass is 35.5. The number of hydrogen-bond acceptors (Lipinski definition) is 3. The van der Waals surface area contributed by atoms with Crippen molar-refractivity contribution in [3.05, 3.63) is 46.5 Å². The minimum atomic E-state index is -0.359. The number of ether oxygens (including phenoxy) is 1. The Morgan fingerprint density at radius 1 is 1.33 bits per heavy atom. The van der Waals surface area contributed by atoms with Gasteiger partial charge in [0, 0.05) is 16.9 Å². The number of imidazole rings is 1. The van der Waals surface area contributed by atoms with Crippen molar-refractivity contribution >= 4 is 17.6 Å². The zero-order valence-electron chi connectivity index (χ0n) is 12.7. The van der Waals surface area contributed by atoms with Gasteiger partial charge in [-0.15, -0.1) is 0 Å². The monoisotopic (exact) mass is 306 g/mol. The van der Waals surface area contributed by atoms with Crippen LogP contribution in [0.3, 0.4) is 0 Å². The number of nitrogens with zero attached hydrogens (tertiary/aromatic N) is 2. The predicted molar refractivity (Wildman–Crippen MR) is 83.2 cm³/mol. The van der Waals surface area contributed by atoms with E-state index in [1.54, 1.807) is 18.2 Å². The molecule has 0 unspecified atom stereocenters. The summed E-state index contributed by atoms with van der Waals surface area (Å²) in [7, 11) is 0. The Balaban J connectivity index is 2.33. The Kier molecular flexibility index (Phi) is 4.68. The third-order valence-electron chi connectivity index (χ3n) is 2.95. The van der Waals surface area contributed by atoms with Gasteiger partial charge in [-0.25, -0.2) is 9.78 Å². The van der Waals surface area contributed by atoms with E-state index < -0.39 is 0 Å². The van der Waals surface area contributed by atoms with Gasteiger partial charge in [0.05, 0.1) is 17.9 Å². The number of benzene rings is 1. The zero-order chi connectivity index (χ0) is 15.6. The van der Waals surface area contributed by atoms with Gasteiger partial charge >= 0.3 is 5.97 Å². The van der Waals surface area contributed by atoms with Crippen molar-refractivity contribution in [2.24, 2.45) is 5.92 Å². The predicted octanol–water partition coefficient (Wildman–Crippen LogP) is 3.96. The molecular weight excluding hydrogens is 288 g/mol. The fourth-order valence-electron chi connectivity index (χ4n) is 2.04. The minimum Gasteiger partial charge on any atom is -0.462 e. The molecule has 2 rings (SSSR count). The largest absolute Gasteiger partial charge is 0.462 e. The highest BCUT2D eigenvalue weighted by molar-refractivity contribution is 6.31. The maximum Gasteiger partial charge on any atom is 0.338 e. The van der Waals surface area contributed by atoms with Gasteiger partial charge in [-0.05, 0) is 38.0 Å². The highest BCUT2D eigenvalue weighted by Crippen LogP contribution is 2.21. The second-order valence-corrected chi connectivity index (χ2v) is 5.93. The third-order valence-corrected chi connectivity index (χ3v) is 3.17. The van der Waals surface area contributed by atoms with E-state index in [0.717, 1.165) is 17.2 Å². The summed E-state index contributed by atoms with van der Waals surface area (Å²) in [5, 5.41) is 0.495. The lowest BCUT2D eigenvalue weighted by molar-refractivity contribution is 0.0459. The Morgan fingerprint density at radius 3 is 2.62 bits per heavy atom. The van der Waals surface area contributed by atoms with Crippen molar-refractivity contribution in [3.8, 4) is 5.69 Å². The molecule has 21 heavy (non-hydrogen) atoms. The third kappa shape index (κ3) is 3.85. The number of carbonyl (C=O) groups is 1. The van der Waals surface area contributed by atoms with Gasteiger partial charge in [0.25, 0.3) is 0 Å². The Bertz CT molecular complexity index is 662. The van der Waals surface area contributed by atoms with Gasteiger partial charge in [-0.1, -0.05) is 25.4 Å². The number of esters is 1. The lowest BCUT2D eigenvalue weighted by Gasteiger charge is -2.10. The summed E-state index contributed by atoms with van der Waals surface area (Å²) in [6, 6.07) is 5.18. The zero-order valence-corrected chi connectivity index (χ0v) is 13.4. The van der Waals surface area contributed by atoms with Gasteiger partial charge < -0.3 is 9.30 Å². The van der Waals surface area contributed by atoms with Crippen LogP contribution >= 0.6 is 11.6 Å². The first-order valence-corrected chi connectivity index (χ1v) is 7.25. The molecule has 0 bridgehead atoms. The molecule has 0 amide bonds. The Labute approximate surface area is 129 Å². The molecule has 1 aromatic carbocycles. The van der Waals surface area contributed by atoms with E-state index in [1.165, 1.54) is 0 Å². The van der Waals surface area contributed by atoms with Crippen LogP contribution in [0.15, 0.2) is 24.4 Å². The first-order valence-electron chi connectivity index (χ1n) is 6.87. The average Bonchev–Trinajstić information content (AvgIpc) is 2.74. The lowest BCUT2D eigenvalue weighted by Crippen LogP contribution is -2.11. The first-order chi connectivity index (χ1) is 9.86. The van der Waals surface area contributed by atoms with Crippen molar-refractivity contribution < 1.29 is 9.53 Å². The van der Waals surface area contributed by atoms with E-state index in [0.29, 0.717) is 23.1 Å². The van der Waals surface area contributed by atoms with Crippen LogP contribution in [0.25, 0.3) is 5.69 Å². The summed E-state index contributed by atoms with van der Waals surface area (Å²) in [6.45, 7) is 8.21. The Morgan fingerprint density at radius 2 is 2.05 bits per heavy atom. The number of aryl methyl sites for hydroxylation is 2. The average molecular weight is 307 g/mol. The molecule has 0 aliphatic heterocycles. The van der Waals surface area contributed by atoms with Crippen molar-refractivity contribution in [2.45, 2.75) is 27.7 Å². The summed E-state index contributed by atoms with van der Waals surface area (Å²) in [6.07, 6.45) is 1.91. The number of halogens is 1. The Hall–Kier alpha value is -1.81. The topological polar surface area (TPSA) is 44.1 Å². The number of hydrogen-bond donors (Lipinski definition) is 0. The van der Waals surface area contributed by atoms with Gasteiger partial charge in [0.15, 0.2) is 0 Å².